The maximum Gasteiger partial charge on any atom is 0.169 e. The first-order valence-corrected chi connectivity index (χ1v) is 7.47. The highest BCUT2D eigenvalue weighted by atomic mass is 35.5. The molecule has 1 atom stereocenters. The summed E-state index contributed by atoms with van der Waals surface area (Å²) in [5.41, 5.74) is 3.09. The first kappa shape index (κ1) is 13.7. The van der Waals surface area contributed by atoms with Crippen molar-refractivity contribution >= 4 is 29.0 Å². The van der Waals surface area contributed by atoms with Gasteiger partial charge in [-0.05, 0) is 42.5 Å². The third kappa shape index (κ3) is 2.48. The van der Waals surface area contributed by atoms with Crippen molar-refractivity contribution in [1.29, 1.82) is 0 Å². The van der Waals surface area contributed by atoms with E-state index in [-0.39, 0.29) is 11.7 Å². The Morgan fingerprint density at radius 2 is 1.60 bits per heavy atom. The number of carbonyl (C=O) groups excluding carboxylic acids is 1. The fourth-order valence-corrected chi connectivity index (χ4v) is 3.44. The Balaban J connectivity index is 1.90. The first-order chi connectivity index (χ1) is 9.66. The summed E-state index contributed by atoms with van der Waals surface area (Å²) in [5.74, 6) is 0.0393. The van der Waals surface area contributed by atoms with Gasteiger partial charge in [0.15, 0.2) is 5.78 Å². The zero-order chi connectivity index (χ0) is 14.1. The van der Waals surface area contributed by atoms with E-state index in [0.29, 0.717) is 15.6 Å². The van der Waals surface area contributed by atoms with Crippen LogP contribution in [0, 0.1) is 5.92 Å². The molecule has 2 aromatic rings. The minimum absolute atomic E-state index is 0.0256. The van der Waals surface area contributed by atoms with Crippen LogP contribution in [-0.4, -0.2) is 5.78 Å². The summed E-state index contributed by atoms with van der Waals surface area (Å²) in [6, 6.07) is 13.5. The number of hydrogen-bond acceptors (Lipinski definition) is 1. The molecule has 0 N–H and O–H groups in total. The lowest BCUT2D eigenvalue weighted by molar-refractivity contribution is 0.0909. The number of aryl methyl sites for hydroxylation is 1. The normalized spacial score (nSPS) is 17.6. The number of fused-ring (bicyclic) bond motifs is 1. The lowest BCUT2D eigenvalue weighted by Crippen LogP contribution is -2.23. The van der Waals surface area contributed by atoms with Crippen LogP contribution >= 0.6 is 23.2 Å². The average molecular weight is 305 g/mol. The maximum absolute atomic E-state index is 12.7. The number of carbonyl (C=O) groups is 1. The summed E-state index contributed by atoms with van der Waals surface area (Å²) in [4.78, 5) is 12.7. The van der Waals surface area contributed by atoms with Crippen molar-refractivity contribution in [3.8, 4) is 0 Å². The van der Waals surface area contributed by atoms with Crippen molar-refractivity contribution < 1.29 is 4.79 Å². The van der Waals surface area contributed by atoms with Crippen molar-refractivity contribution in [2.75, 3.05) is 0 Å². The van der Waals surface area contributed by atoms with E-state index in [1.807, 2.05) is 12.1 Å². The predicted octanol–water partition coefficient (Wildman–Crippen LogP) is 4.98. The van der Waals surface area contributed by atoms with Crippen LogP contribution in [0.2, 0.25) is 10.0 Å². The summed E-state index contributed by atoms with van der Waals surface area (Å²) >= 11 is 12.3. The summed E-state index contributed by atoms with van der Waals surface area (Å²) in [6.45, 7) is 0. The van der Waals surface area contributed by atoms with Crippen molar-refractivity contribution in [2.24, 2.45) is 5.92 Å². The number of benzene rings is 2. The van der Waals surface area contributed by atoms with Crippen LogP contribution in [0.25, 0.3) is 0 Å². The third-order valence-electron chi connectivity index (χ3n) is 3.93. The Bertz CT molecular complexity index is 644. The van der Waals surface area contributed by atoms with Gasteiger partial charge in [0.1, 0.15) is 0 Å². The molecule has 2 aromatic carbocycles. The van der Waals surface area contributed by atoms with Gasteiger partial charge >= 0.3 is 0 Å². The predicted molar refractivity (Wildman–Crippen MR) is 82.7 cm³/mol. The van der Waals surface area contributed by atoms with E-state index < -0.39 is 0 Å². The van der Waals surface area contributed by atoms with Crippen LogP contribution in [-0.2, 0) is 12.8 Å². The van der Waals surface area contributed by atoms with Gasteiger partial charge in [-0.1, -0.05) is 53.5 Å². The Kier molecular flexibility index (Phi) is 3.82. The van der Waals surface area contributed by atoms with Gasteiger partial charge in [0.25, 0.3) is 0 Å². The van der Waals surface area contributed by atoms with Crippen molar-refractivity contribution in [3.63, 3.8) is 0 Å². The van der Waals surface area contributed by atoms with Gasteiger partial charge < -0.3 is 0 Å². The highest BCUT2D eigenvalue weighted by molar-refractivity contribution is 6.39. The second-order valence-electron chi connectivity index (χ2n) is 5.17. The van der Waals surface area contributed by atoms with Gasteiger partial charge in [-0.15, -0.1) is 0 Å². The molecule has 1 aliphatic carbocycles. The minimum atomic E-state index is -0.0256. The SMILES string of the molecule is O=C(c1c(Cl)cccc1Cl)C1CCc2ccccc2C1. The molecule has 3 rings (SSSR count). The molecule has 102 valence electrons. The average Bonchev–Trinajstić information content (AvgIpc) is 2.46. The fraction of sp³-hybridized carbons (Fsp3) is 0.235. The third-order valence-corrected chi connectivity index (χ3v) is 4.56. The van der Waals surface area contributed by atoms with Gasteiger partial charge in [-0.25, -0.2) is 0 Å². The molecule has 1 nitrogen and oxygen atoms in total. The number of ketones is 1. The van der Waals surface area contributed by atoms with Crippen LogP contribution in [0.5, 0.6) is 0 Å². The number of halogens is 2. The monoisotopic (exact) mass is 304 g/mol. The second-order valence-corrected chi connectivity index (χ2v) is 5.98. The van der Waals surface area contributed by atoms with E-state index in [9.17, 15) is 4.79 Å². The fourth-order valence-electron chi connectivity index (χ4n) is 2.86. The van der Waals surface area contributed by atoms with E-state index in [2.05, 4.69) is 12.1 Å². The second kappa shape index (κ2) is 5.59. The minimum Gasteiger partial charge on any atom is -0.294 e. The zero-order valence-corrected chi connectivity index (χ0v) is 12.4. The molecular weight excluding hydrogens is 291 g/mol. The summed E-state index contributed by atoms with van der Waals surface area (Å²) < 4.78 is 0. The molecule has 0 saturated heterocycles. The van der Waals surface area contributed by atoms with Crippen LogP contribution in [0.15, 0.2) is 42.5 Å². The van der Waals surface area contributed by atoms with Gasteiger partial charge in [0.05, 0.1) is 15.6 Å². The Labute approximate surface area is 128 Å². The summed E-state index contributed by atoms with van der Waals surface area (Å²) in [6.07, 6.45) is 2.57. The maximum atomic E-state index is 12.7. The first-order valence-electron chi connectivity index (χ1n) is 6.72. The van der Waals surface area contributed by atoms with Gasteiger partial charge in [0.2, 0.25) is 0 Å². The van der Waals surface area contributed by atoms with Gasteiger partial charge in [-0.3, -0.25) is 4.79 Å². The molecule has 0 aromatic heterocycles. The molecule has 0 aliphatic heterocycles. The smallest absolute Gasteiger partial charge is 0.169 e. The molecule has 20 heavy (non-hydrogen) atoms. The summed E-state index contributed by atoms with van der Waals surface area (Å²) in [5, 5.41) is 0.891. The number of Topliss-reactive ketones (excluding diaryl/α,β-unsaturated/α-hetero) is 1. The molecule has 0 fully saturated rings. The molecule has 0 bridgehead atoms. The van der Waals surface area contributed by atoms with Crippen molar-refractivity contribution in [1.82, 2.24) is 0 Å². The molecule has 0 radical (unpaired) electrons. The number of hydrogen-bond donors (Lipinski definition) is 0. The highest BCUT2D eigenvalue weighted by Gasteiger charge is 2.27. The molecular formula is C17H14Cl2O. The topological polar surface area (TPSA) is 17.1 Å². The largest absolute Gasteiger partial charge is 0.294 e. The molecule has 3 heteroatoms. The van der Waals surface area contributed by atoms with Crippen molar-refractivity contribution in [3.05, 3.63) is 69.2 Å². The molecule has 0 spiro atoms. The van der Waals surface area contributed by atoms with E-state index >= 15 is 0 Å². The Morgan fingerprint density at radius 1 is 0.950 bits per heavy atom. The molecule has 0 amide bonds. The van der Waals surface area contributed by atoms with Crippen LogP contribution in [0.1, 0.15) is 27.9 Å². The number of rotatable bonds is 2. The van der Waals surface area contributed by atoms with Crippen LogP contribution in [0.3, 0.4) is 0 Å². The standard InChI is InChI=1S/C17H14Cl2O/c18-14-6-3-7-15(19)16(14)17(20)13-9-8-11-4-1-2-5-12(11)10-13/h1-7,13H,8-10H2. The highest BCUT2D eigenvalue weighted by Crippen LogP contribution is 2.32. The van der Waals surface area contributed by atoms with Crippen LogP contribution < -0.4 is 0 Å². The Hall–Kier alpha value is -1.31. The molecule has 1 aliphatic rings. The zero-order valence-electron chi connectivity index (χ0n) is 10.9. The summed E-state index contributed by atoms with van der Waals surface area (Å²) in [7, 11) is 0. The van der Waals surface area contributed by atoms with E-state index in [1.54, 1.807) is 18.2 Å². The van der Waals surface area contributed by atoms with E-state index in [4.69, 9.17) is 23.2 Å². The van der Waals surface area contributed by atoms with E-state index in [1.165, 1.54) is 11.1 Å². The molecule has 1 unspecified atom stereocenters. The Morgan fingerprint density at radius 3 is 2.30 bits per heavy atom. The lowest BCUT2D eigenvalue weighted by atomic mass is 9.80. The van der Waals surface area contributed by atoms with Crippen molar-refractivity contribution in [2.45, 2.75) is 19.3 Å². The van der Waals surface area contributed by atoms with Gasteiger partial charge in [0, 0.05) is 5.92 Å². The van der Waals surface area contributed by atoms with Crippen LogP contribution in [0.4, 0.5) is 0 Å². The van der Waals surface area contributed by atoms with Gasteiger partial charge in [-0.2, -0.15) is 0 Å². The molecule has 0 saturated carbocycles. The lowest BCUT2D eigenvalue weighted by Gasteiger charge is -2.24. The van der Waals surface area contributed by atoms with E-state index in [0.717, 1.165) is 19.3 Å². The quantitative estimate of drug-likeness (QED) is 0.715. The molecule has 0 heterocycles.